The van der Waals surface area contributed by atoms with Gasteiger partial charge in [0.1, 0.15) is 0 Å². The average molecular weight is 267 g/mol. The van der Waals surface area contributed by atoms with Crippen molar-refractivity contribution in [2.75, 3.05) is 25.6 Å². The van der Waals surface area contributed by atoms with E-state index in [0.717, 1.165) is 6.42 Å². The number of carbonyl (C=O) groups is 1. The van der Waals surface area contributed by atoms with E-state index in [0.29, 0.717) is 29.5 Å². The number of thiocarbonyl (C=S) groups is 1. The SMILES string of the molecule is COCCCNC(=S)Nc1ccccc1C(N)=O. The molecule has 6 heteroatoms. The molecule has 0 saturated heterocycles. The van der Waals surface area contributed by atoms with E-state index >= 15 is 0 Å². The zero-order valence-electron chi connectivity index (χ0n) is 10.2. The predicted molar refractivity (Wildman–Crippen MR) is 75.7 cm³/mol. The molecule has 1 aromatic rings. The number of primary amides is 1. The van der Waals surface area contributed by atoms with Crippen LogP contribution in [0.15, 0.2) is 24.3 Å². The Kier molecular flexibility index (Phi) is 6.10. The van der Waals surface area contributed by atoms with Gasteiger partial charge in [-0.05, 0) is 30.8 Å². The average Bonchev–Trinajstić information content (AvgIpc) is 2.35. The van der Waals surface area contributed by atoms with Crippen LogP contribution in [0.3, 0.4) is 0 Å². The maximum absolute atomic E-state index is 11.2. The van der Waals surface area contributed by atoms with Gasteiger partial charge in [-0.1, -0.05) is 12.1 Å². The molecular formula is C12H17N3O2S. The van der Waals surface area contributed by atoms with Crippen molar-refractivity contribution in [1.82, 2.24) is 5.32 Å². The van der Waals surface area contributed by atoms with Gasteiger partial charge < -0.3 is 21.1 Å². The lowest BCUT2D eigenvalue weighted by molar-refractivity contribution is 0.100. The van der Waals surface area contributed by atoms with E-state index in [2.05, 4.69) is 10.6 Å². The molecule has 0 fully saturated rings. The second-order valence-corrected chi connectivity index (χ2v) is 4.05. The first-order chi connectivity index (χ1) is 8.65. The lowest BCUT2D eigenvalue weighted by Gasteiger charge is -2.12. The van der Waals surface area contributed by atoms with Gasteiger partial charge in [0, 0.05) is 20.3 Å². The number of amides is 1. The van der Waals surface area contributed by atoms with Crippen molar-refractivity contribution in [3.8, 4) is 0 Å². The number of anilines is 1. The number of methoxy groups -OCH3 is 1. The first kappa shape index (κ1) is 14.4. The third-order valence-corrected chi connectivity index (χ3v) is 2.50. The van der Waals surface area contributed by atoms with Gasteiger partial charge in [-0.25, -0.2) is 0 Å². The molecule has 0 aliphatic heterocycles. The Labute approximate surface area is 112 Å². The number of benzene rings is 1. The van der Waals surface area contributed by atoms with Crippen LogP contribution >= 0.6 is 12.2 Å². The molecular weight excluding hydrogens is 250 g/mol. The van der Waals surface area contributed by atoms with Crippen LogP contribution in [0.1, 0.15) is 16.8 Å². The van der Waals surface area contributed by atoms with Crippen LogP contribution in [0.4, 0.5) is 5.69 Å². The van der Waals surface area contributed by atoms with Crippen LogP contribution in [0, 0.1) is 0 Å². The molecule has 5 nitrogen and oxygen atoms in total. The fourth-order valence-corrected chi connectivity index (χ4v) is 1.60. The molecule has 0 spiro atoms. The summed E-state index contributed by atoms with van der Waals surface area (Å²) in [5.41, 5.74) is 6.29. The molecule has 0 unspecified atom stereocenters. The highest BCUT2D eigenvalue weighted by Crippen LogP contribution is 2.13. The molecule has 18 heavy (non-hydrogen) atoms. The summed E-state index contributed by atoms with van der Waals surface area (Å²) in [4.78, 5) is 11.2. The zero-order chi connectivity index (χ0) is 13.4. The number of hydrogen-bond acceptors (Lipinski definition) is 3. The Hall–Kier alpha value is -1.66. The highest BCUT2D eigenvalue weighted by Gasteiger charge is 2.07. The third kappa shape index (κ3) is 4.68. The molecule has 0 radical (unpaired) electrons. The van der Waals surface area contributed by atoms with Gasteiger partial charge in [0.2, 0.25) is 0 Å². The minimum absolute atomic E-state index is 0.415. The van der Waals surface area contributed by atoms with Crippen LogP contribution in [0.25, 0.3) is 0 Å². The fourth-order valence-electron chi connectivity index (χ4n) is 1.39. The van der Waals surface area contributed by atoms with Gasteiger partial charge in [0.25, 0.3) is 5.91 Å². The number of ether oxygens (including phenoxy) is 1. The van der Waals surface area contributed by atoms with E-state index in [4.69, 9.17) is 22.7 Å². The summed E-state index contributed by atoms with van der Waals surface area (Å²) in [7, 11) is 1.65. The Morgan fingerprint density at radius 2 is 2.17 bits per heavy atom. The smallest absolute Gasteiger partial charge is 0.250 e. The van der Waals surface area contributed by atoms with Gasteiger partial charge in [0.15, 0.2) is 5.11 Å². The van der Waals surface area contributed by atoms with E-state index in [-0.39, 0.29) is 0 Å². The number of para-hydroxylation sites is 1. The Morgan fingerprint density at radius 3 is 2.83 bits per heavy atom. The van der Waals surface area contributed by atoms with E-state index in [9.17, 15) is 4.79 Å². The molecule has 1 amide bonds. The number of nitrogens with one attached hydrogen (secondary N) is 2. The number of rotatable bonds is 6. The molecule has 0 bridgehead atoms. The zero-order valence-corrected chi connectivity index (χ0v) is 11.0. The van der Waals surface area contributed by atoms with Crippen LogP contribution in [0.5, 0.6) is 0 Å². The van der Waals surface area contributed by atoms with Gasteiger partial charge in [-0.15, -0.1) is 0 Å². The van der Waals surface area contributed by atoms with E-state index in [1.807, 2.05) is 6.07 Å². The molecule has 0 saturated carbocycles. The predicted octanol–water partition coefficient (Wildman–Crippen LogP) is 1.11. The highest BCUT2D eigenvalue weighted by atomic mass is 32.1. The summed E-state index contributed by atoms with van der Waals surface area (Å²) < 4.78 is 4.93. The first-order valence-corrected chi connectivity index (χ1v) is 5.98. The molecule has 4 N–H and O–H groups in total. The van der Waals surface area contributed by atoms with E-state index in [1.54, 1.807) is 25.3 Å². The van der Waals surface area contributed by atoms with Gasteiger partial charge >= 0.3 is 0 Å². The van der Waals surface area contributed by atoms with Gasteiger partial charge in [-0.2, -0.15) is 0 Å². The molecule has 0 aromatic heterocycles. The summed E-state index contributed by atoms with van der Waals surface area (Å²) in [6, 6.07) is 6.96. The number of carbonyl (C=O) groups excluding carboxylic acids is 1. The first-order valence-electron chi connectivity index (χ1n) is 5.57. The normalized spacial score (nSPS) is 9.83. The van der Waals surface area contributed by atoms with Crippen molar-refractivity contribution in [2.24, 2.45) is 5.73 Å². The van der Waals surface area contributed by atoms with E-state index < -0.39 is 5.91 Å². The van der Waals surface area contributed by atoms with E-state index in [1.165, 1.54) is 0 Å². The standard InChI is InChI=1S/C12H17N3O2S/c1-17-8-4-7-14-12(18)15-10-6-3-2-5-9(10)11(13)16/h2-3,5-6H,4,7-8H2,1H3,(H2,13,16)(H2,14,15,18). The number of nitrogens with two attached hydrogens (primary N) is 1. The molecule has 0 aliphatic carbocycles. The van der Waals surface area contributed by atoms with Crippen molar-refractivity contribution in [3.05, 3.63) is 29.8 Å². The molecule has 0 atom stereocenters. The molecule has 1 aromatic carbocycles. The minimum Gasteiger partial charge on any atom is -0.385 e. The lowest BCUT2D eigenvalue weighted by atomic mass is 10.1. The van der Waals surface area contributed by atoms with Gasteiger partial charge in [0.05, 0.1) is 11.3 Å². The van der Waals surface area contributed by atoms with Crippen LogP contribution in [0.2, 0.25) is 0 Å². The summed E-state index contributed by atoms with van der Waals surface area (Å²) in [6.07, 6.45) is 0.857. The maximum atomic E-state index is 11.2. The fraction of sp³-hybridized carbons (Fsp3) is 0.333. The van der Waals surface area contributed by atoms with Crippen molar-refractivity contribution in [3.63, 3.8) is 0 Å². The molecule has 98 valence electrons. The second-order valence-electron chi connectivity index (χ2n) is 3.64. The quantitative estimate of drug-likeness (QED) is 0.531. The summed E-state index contributed by atoms with van der Waals surface area (Å²) in [5, 5.41) is 6.43. The van der Waals surface area contributed by atoms with Crippen molar-refractivity contribution < 1.29 is 9.53 Å². The lowest BCUT2D eigenvalue weighted by Crippen LogP contribution is -2.30. The Morgan fingerprint density at radius 1 is 1.44 bits per heavy atom. The Bertz CT molecular complexity index is 424. The topological polar surface area (TPSA) is 76.4 Å². The summed E-state index contributed by atoms with van der Waals surface area (Å²) >= 11 is 5.12. The summed E-state index contributed by atoms with van der Waals surface area (Å²) in [6.45, 7) is 1.38. The molecule has 0 aliphatic rings. The monoisotopic (exact) mass is 267 g/mol. The summed E-state index contributed by atoms with van der Waals surface area (Å²) in [5.74, 6) is -0.486. The van der Waals surface area contributed by atoms with Crippen LogP contribution in [-0.2, 0) is 4.74 Å². The van der Waals surface area contributed by atoms with Crippen LogP contribution in [-0.4, -0.2) is 31.3 Å². The van der Waals surface area contributed by atoms with Crippen molar-refractivity contribution >= 4 is 28.9 Å². The van der Waals surface area contributed by atoms with Crippen molar-refractivity contribution in [1.29, 1.82) is 0 Å². The number of hydrogen-bond donors (Lipinski definition) is 3. The molecule has 1 rings (SSSR count). The van der Waals surface area contributed by atoms with Crippen LogP contribution < -0.4 is 16.4 Å². The van der Waals surface area contributed by atoms with Crippen molar-refractivity contribution in [2.45, 2.75) is 6.42 Å². The third-order valence-electron chi connectivity index (χ3n) is 2.25. The highest BCUT2D eigenvalue weighted by molar-refractivity contribution is 7.80. The molecule has 0 heterocycles. The Balaban J connectivity index is 2.51. The second kappa shape index (κ2) is 7.62. The maximum Gasteiger partial charge on any atom is 0.250 e. The largest absolute Gasteiger partial charge is 0.385 e. The minimum atomic E-state index is -0.486. The van der Waals surface area contributed by atoms with Gasteiger partial charge in [-0.3, -0.25) is 4.79 Å².